The van der Waals surface area contributed by atoms with Gasteiger partial charge in [-0.25, -0.2) is 17.9 Å². The molecule has 8 heteroatoms. The van der Waals surface area contributed by atoms with Crippen LogP contribution >= 0.6 is 11.3 Å². The molecule has 0 spiro atoms. The van der Waals surface area contributed by atoms with Crippen molar-refractivity contribution in [2.45, 2.75) is 11.3 Å². The van der Waals surface area contributed by atoms with Gasteiger partial charge in [-0.2, -0.15) is 0 Å². The van der Waals surface area contributed by atoms with Crippen LogP contribution in [0, 0.1) is 0 Å². The van der Waals surface area contributed by atoms with Crippen LogP contribution in [0.15, 0.2) is 40.6 Å². The molecule has 112 valence electrons. The van der Waals surface area contributed by atoms with Crippen LogP contribution in [-0.4, -0.2) is 26.0 Å². The van der Waals surface area contributed by atoms with Gasteiger partial charge in [-0.1, -0.05) is 6.07 Å². The molecule has 0 radical (unpaired) electrons. The molecule has 4 N–H and O–H groups in total. The molecule has 0 saturated carbocycles. The Morgan fingerprint density at radius 1 is 1.33 bits per heavy atom. The van der Waals surface area contributed by atoms with E-state index in [1.54, 1.807) is 0 Å². The lowest BCUT2D eigenvalue weighted by Gasteiger charge is -2.09. The molecule has 1 aromatic heterocycles. The van der Waals surface area contributed by atoms with Gasteiger partial charge in [-0.15, -0.1) is 11.3 Å². The summed E-state index contributed by atoms with van der Waals surface area (Å²) < 4.78 is 26.8. The summed E-state index contributed by atoms with van der Waals surface area (Å²) in [7, 11) is -3.92. The SMILES string of the molecule is Nc1ccc(C(=O)O)c(S(=O)(=O)NCCc2cccs2)c1. The van der Waals surface area contributed by atoms with Gasteiger partial charge in [0.05, 0.1) is 10.5 Å². The van der Waals surface area contributed by atoms with E-state index in [4.69, 9.17) is 10.8 Å². The van der Waals surface area contributed by atoms with Crippen molar-refractivity contribution >= 4 is 33.0 Å². The number of sulfonamides is 1. The molecule has 0 amide bonds. The van der Waals surface area contributed by atoms with Crippen LogP contribution in [0.2, 0.25) is 0 Å². The van der Waals surface area contributed by atoms with Gasteiger partial charge in [0.2, 0.25) is 10.0 Å². The van der Waals surface area contributed by atoms with E-state index in [1.807, 2.05) is 17.5 Å². The van der Waals surface area contributed by atoms with E-state index in [2.05, 4.69) is 4.72 Å². The first-order valence-electron chi connectivity index (χ1n) is 6.05. The van der Waals surface area contributed by atoms with Crippen LogP contribution in [-0.2, 0) is 16.4 Å². The topological polar surface area (TPSA) is 109 Å². The molecule has 0 aliphatic carbocycles. The molecule has 0 aliphatic rings. The number of carboxylic acid groups (broad SMARTS) is 1. The van der Waals surface area contributed by atoms with Gasteiger partial charge in [0.15, 0.2) is 0 Å². The van der Waals surface area contributed by atoms with E-state index in [0.29, 0.717) is 6.42 Å². The van der Waals surface area contributed by atoms with E-state index in [9.17, 15) is 13.2 Å². The van der Waals surface area contributed by atoms with Gasteiger partial charge in [0, 0.05) is 17.1 Å². The number of nitrogens with two attached hydrogens (primary N) is 1. The zero-order valence-electron chi connectivity index (χ0n) is 10.9. The van der Waals surface area contributed by atoms with Crippen molar-refractivity contribution in [3.63, 3.8) is 0 Å². The minimum Gasteiger partial charge on any atom is -0.478 e. The van der Waals surface area contributed by atoms with Crippen LogP contribution in [0.25, 0.3) is 0 Å². The molecule has 0 atom stereocenters. The molecule has 1 aromatic carbocycles. The minimum absolute atomic E-state index is 0.191. The lowest BCUT2D eigenvalue weighted by molar-refractivity contribution is 0.0692. The fourth-order valence-electron chi connectivity index (χ4n) is 1.78. The highest BCUT2D eigenvalue weighted by molar-refractivity contribution is 7.89. The van der Waals surface area contributed by atoms with Gasteiger partial charge < -0.3 is 10.8 Å². The third-order valence-electron chi connectivity index (χ3n) is 2.77. The average molecular weight is 326 g/mol. The molecule has 0 fully saturated rings. The highest BCUT2D eigenvalue weighted by Gasteiger charge is 2.22. The van der Waals surface area contributed by atoms with Crippen LogP contribution in [0.1, 0.15) is 15.2 Å². The second kappa shape index (κ2) is 6.25. The molecule has 2 rings (SSSR count). The third-order valence-corrected chi connectivity index (χ3v) is 5.21. The van der Waals surface area contributed by atoms with Crippen molar-refractivity contribution in [3.8, 4) is 0 Å². The fourth-order valence-corrected chi connectivity index (χ4v) is 3.75. The van der Waals surface area contributed by atoms with Crippen LogP contribution < -0.4 is 10.5 Å². The molecule has 1 heterocycles. The van der Waals surface area contributed by atoms with Crippen molar-refractivity contribution in [1.29, 1.82) is 0 Å². The minimum atomic E-state index is -3.92. The fraction of sp³-hybridized carbons (Fsp3) is 0.154. The quantitative estimate of drug-likeness (QED) is 0.698. The Labute approximate surface area is 126 Å². The summed E-state index contributed by atoms with van der Waals surface area (Å²) >= 11 is 1.53. The van der Waals surface area contributed by atoms with Gasteiger partial charge in [-0.05, 0) is 36.1 Å². The Morgan fingerprint density at radius 3 is 2.71 bits per heavy atom. The Kier molecular flexibility index (Phi) is 4.61. The lowest BCUT2D eigenvalue weighted by Crippen LogP contribution is -2.27. The summed E-state index contributed by atoms with van der Waals surface area (Å²) in [5.41, 5.74) is 5.44. The Morgan fingerprint density at radius 2 is 2.10 bits per heavy atom. The Balaban J connectivity index is 2.19. The molecule has 6 nitrogen and oxygen atoms in total. The van der Waals surface area contributed by atoms with Crippen molar-refractivity contribution in [3.05, 3.63) is 46.2 Å². The number of anilines is 1. The van der Waals surface area contributed by atoms with E-state index in [0.717, 1.165) is 10.9 Å². The lowest BCUT2D eigenvalue weighted by atomic mass is 10.2. The predicted octanol–water partition coefficient (Wildman–Crippen LogP) is 1.55. The molecule has 21 heavy (non-hydrogen) atoms. The first-order chi connectivity index (χ1) is 9.90. The van der Waals surface area contributed by atoms with Crippen LogP contribution in [0.3, 0.4) is 0 Å². The number of benzene rings is 1. The van der Waals surface area contributed by atoms with E-state index in [-0.39, 0.29) is 22.7 Å². The molecular weight excluding hydrogens is 312 g/mol. The molecule has 0 aliphatic heterocycles. The number of carboxylic acids is 1. The maximum Gasteiger partial charge on any atom is 0.337 e. The van der Waals surface area contributed by atoms with E-state index in [1.165, 1.54) is 23.5 Å². The van der Waals surface area contributed by atoms with E-state index >= 15 is 0 Å². The van der Waals surface area contributed by atoms with Crippen LogP contribution in [0.5, 0.6) is 0 Å². The van der Waals surface area contributed by atoms with Crippen molar-refractivity contribution < 1.29 is 18.3 Å². The van der Waals surface area contributed by atoms with Crippen molar-refractivity contribution in [2.75, 3.05) is 12.3 Å². The second-order valence-electron chi connectivity index (χ2n) is 4.29. The number of rotatable bonds is 6. The normalized spacial score (nSPS) is 11.4. The van der Waals surface area contributed by atoms with Crippen molar-refractivity contribution in [1.82, 2.24) is 4.72 Å². The molecule has 2 aromatic rings. The molecule has 0 unspecified atom stereocenters. The Hall–Kier alpha value is -1.90. The first-order valence-corrected chi connectivity index (χ1v) is 8.41. The maximum absolute atomic E-state index is 12.2. The molecule has 0 bridgehead atoms. The van der Waals surface area contributed by atoms with Crippen LogP contribution in [0.4, 0.5) is 5.69 Å². The summed E-state index contributed by atoms with van der Waals surface area (Å²) in [6.07, 6.45) is 0.543. The average Bonchev–Trinajstić information content (AvgIpc) is 2.91. The number of hydrogen-bond acceptors (Lipinski definition) is 5. The summed E-state index contributed by atoms with van der Waals surface area (Å²) in [4.78, 5) is 11.8. The number of nitrogens with one attached hydrogen (secondary N) is 1. The second-order valence-corrected chi connectivity index (χ2v) is 7.06. The largest absolute Gasteiger partial charge is 0.478 e. The molecular formula is C13H14N2O4S2. The van der Waals surface area contributed by atoms with Crippen molar-refractivity contribution in [2.24, 2.45) is 0 Å². The van der Waals surface area contributed by atoms with E-state index < -0.39 is 16.0 Å². The smallest absolute Gasteiger partial charge is 0.337 e. The first kappa shape index (κ1) is 15.5. The third kappa shape index (κ3) is 3.81. The van der Waals surface area contributed by atoms with Gasteiger partial charge >= 0.3 is 5.97 Å². The summed E-state index contributed by atoms with van der Waals surface area (Å²) in [5.74, 6) is -1.31. The summed E-state index contributed by atoms with van der Waals surface area (Å²) in [5, 5.41) is 11.0. The summed E-state index contributed by atoms with van der Waals surface area (Å²) in [6.45, 7) is 0.191. The highest BCUT2D eigenvalue weighted by atomic mass is 32.2. The van der Waals surface area contributed by atoms with Gasteiger partial charge in [-0.3, -0.25) is 0 Å². The summed E-state index contributed by atoms with van der Waals surface area (Å²) in [6, 6.07) is 7.48. The number of hydrogen-bond donors (Lipinski definition) is 3. The molecule has 0 saturated heterocycles. The number of carbonyl (C=O) groups is 1. The number of nitrogen functional groups attached to an aromatic ring is 1. The standard InChI is InChI=1S/C13H14N2O4S2/c14-9-3-4-11(13(16)17)12(8-9)21(18,19)15-6-5-10-2-1-7-20-10/h1-4,7-8,15H,5-6,14H2,(H,16,17). The van der Waals surface area contributed by atoms with Gasteiger partial charge in [0.1, 0.15) is 0 Å². The zero-order chi connectivity index (χ0) is 15.5. The highest BCUT2D eigenvalue weighted by Crippen LogP contribution is 2.19. The predicted molar refractivity (Wildman–Crippen MR) is 81.0 cm³/mol. The van der Waals surface area contributed by atoms with Gasteiger partial charge in [0.25, 0.3) is 0 Å². The number of thiophene rings is 1. The number of aromatic carboxylic acids is 1. The maximum atomic E-state index is 12.2. The zero-order valence-corrected chi connectivity index (χ0v) is 12.6. The monoisotopic (exact) mass is 326 g/mol. The Bertz CT molecular complexity index is 740.